The molecule has 2 aromatic heterocycles. The average molecular weight is 439 g/mol. The number of H-pyrrole nitrogens is 1. The van der Waals surface area contributed by atoms with Gasteiger partial charge in [-0.1, -0.05) is 6.07 Å². The first kappa shape index (κ1) is 20.2. The quantitative estimate of drug-likeness (QED) is 0.351. The first-order valence-corrected chi connectivity index (χ1v) is 10.2. The maximum Gasteiger partial charge on any atom is 0.416 e. The minimum Gasteiger partial charge on any atom is -0.359 e. The number of urea groups is 1. The van der Waals surface area contributed by atoms with Crippen LogP contribution in [0.4, 0.5) is 29.3 Å². The summed E-state index contributed by atoms with van der Waals surface area (Å²) in [5.74, 6) is 0.730. The third-order valence-electron chi connectivity index (χ3n) is 5.51. The lowest BCUT2D eigenvalue weighted by molar-refractivity contribution is -0.137. The second kappa shape index (κ2) is 7.74. The number of rotatable bonds is 5. The van der Waals surface area contributed by atoms with Crippen molar-refractivity contribution >= 4 is 28.3 Å². The minimum atomic E-state index is -4.42. The van der Waals surface area contributed by atoms with Crippen molar-refractivity contribution in [3.8, 4) is 11.1 Å². The summed E-state index contributed by atoms with van der Waals surface area (Å²) in [4.78, 5) is 15.5. The number of hydrogen-bond acceptors (Lipinski definition) is 2. The van der Waals surface area contributed by atoms with Gasteiger partial charge in [-0.15, -0.1) is 0 Å². The maximum absolute atomic E-state index is 12.7. The monoisotopic (exact) mass is 439 g/mol. The Bertz CT molecular complexity index is 1270. The molecule has 1 saturated carbocycles. The number of amides is 2. The molecular weight excluding hydrogens is 419 g/mol. The molecule has 0 aliphatic heterocycles. The van der Waals surface area contributed by atoms with E-state index in [9.17, 15) is 18.0 Å². The third-order valence-corrected chi connectivity index (χ3v) is 5.51. The number of aromatic amines is 1. The van der Waals surface area contributed by atoms with E-state index in [4.69, 9.17) is 0 Å². The van der Waals surface area contributed by atoms with Crippen molar-refractivity contribution in [3.63, 3.8) is 0 Å². The summed E-state index contributed by atoms with van der Waals surface area (Å²) < 4.78 is 40.0. The van der Waals surface area contributed by atoms with Crippen LogP contribution in [0.1, 0.15) is 18.4 Å². The molecule has 0 atom stereocenters. The molecule has 0 radical (unpaired) electrons. The van der Waals surface area contributed by atoms with E-state index in [1.807, 2.05) is 35.3 Å². The molecule has 1 aliphatic rings. The minimum absolute atomic E-state index is 0.263. The van der Waals surface area contributed by atoms with Crippen LogP contribution in [0, 0.1) is 5.92 Å². The molecule has 0 unspecified atom stereocenters. The van der Waals surface area contributed by atoms with Gasteiger partial charge in [0.25, 0.3) is 0 Å². The number of nitrogens with one attached hydrogen (secondary N) is 3. The van der Waals surface area contributed by atoms with Crippen LogP contribution >= 0.6 is 0 Å². The van der Waals surface area contributed by atoms with Gasteiger partial charge in [0, 0.05) is 41.1 Å². The number of aromatic nitrogens is 3. The van der Waals surface area contributed by atoms with Crippen molar-refractivity contribution in [2.45, 2.75) is 25.6 Å². The summed E-state index contributed by atoms with van der Waals surface area (Å²) in [6.07, 6.45) is 3.63. The fourth-order valence-corrected chi connectivity index (χ4v) is 3.61. The summed E-state index contributed by atoms with van der Waals surface area (Å²) in [6, 6.07) is 9.63. The van der Waals surface area contributed by atoms with Crippen LogP contribution in [0.2, 0.25) is 0 Å². The van der Waals surface area contributed by atoms with E-state index in [0.717, 1.165) is 46.6 Å². The van der Waals surface area contributed by atoms with Gasteiger partial charge in [0.2, 0.25) is 0 Å². The van der Waals surface area contributed by atoms with Crippen molar-refractivity contribution < 1.29 is 18.0 Å². The summed E-state index contributed by atoms with van der Waals surface area (Å²) in [6.45, 7) is 0.934. The number of alkyl halides is 3. The molecule has 32 heavy (non-hydrogen) atoms. The molecule has 6 nitrogen and oxygen atoms in total. The van der Waals surface area contributed by atoms with E-state index in [-0.39, 0.29) is 5.69 Å². The fourth-order valence-electron chi connectivity index (χ4n) is 3.61. The van der Waals surface area contributed by atoms with E-state index in [1.165, 1.54) is 25.0 Å². The highest BCUT2D eigenvalue weighted by molar-refractivity contribution is 6.06. The van der Waals surface area contributed by atoms with Crippen molar-refractivity contribution in [1.82, 2.24) is 14.8 Å². The van der Waals surface area contributed by atoms with Crippen LogP contribution in [0.15, 0.2) is 61.1 Å². The van der Waals surface area contributed by atoms with Gasteiger partial charge < -0.3 is 15.6 Å². The normalized spacial score (nSPS) is 14.0. The Morgan fingerprint density at radius 2 is 1.88 bits per heavy atom. The fraction of sp³-hybridized carbons (Fsp3) is 0.217. The maximum atomic E-state index is 12.7. The molecule has 1 fully saturated rings. The lowest BCUT2D eigenvalue weighted by Gasteiger charge is -2.09. The van der Waals surface area contributed by atoms with E-state index in [0.29, 0.717) is 5.69 Å². The lowest BCUT2D eigenvalue weighted by Crippen LogP contribution is -2.19. The highest BCUT2D eigenvalue weighted by atomic mass is 19.4. The van der Waals surface area contributed by atoms with Gasteiger partial charge in [0.15, 0.2) is 0 Å². The first-order chi connectivity index (χ1) is 15.3. The Morgan fingerprint density at radius 3 is 2.59 bits per heavy atom. The van der Waals surface area contributed by atoms with Gasteiger partial charge in [-0.2, -0.15) is 18.3 Å². The predicted octanol–water partition coefficient (Wildman–Crippen LogP) is 6.10. The zero-order valence-corrected chi connectivity index (χ0v) is 16.9. The van der Waals surface area contributed by atoms with Gasteiger partial charge in [-0.3, -0.25) is 4.68 Å². The molecule has 4 aromatic rings. The molecule has 0 saturated heterocycles. The van der Waals surface area contributed by atoms with Crippen LogP contribution in [0.3, 0.4) is 0 Å². The van der Waals surface area contributed by atoms with Gasteiger partial charge in [-0.05, 0) is 60.7 Å². The van der Waals surface area contributed by atoms with Gasteiger partial charge in [0.1, 0.15) is 0 Å². The summed E-state index contributed by atoms with van der Waals surface area (Å²) >= 11 is 0. The standard InChI is InChI=1S/C23H20F3N5O/c24-23(25,26)17-4-6-18(7-5-17)29-22(32)30-21-11-27-20-8-3-15(9-19(20)21)16-10-28-31(13-16)12-14-1-2-14/h3-11,13-14,27H,1-2,12H2,(H2,29,30,32). The van der Waals surface area contributed by atoms with Crippen LogP contribution < -0.4 is 10.6 Å². The molecule has 5 rings (SSSR count). The third kappa shape index (κ3) is 4.32. The van der Waals surface area contributed by atoms with Crippen molar-refractivity contribution in [3.05, 3.63) is 66.6 Å². The van der Waals surface area contributed by atoms with Crippen molar-refractivity contribution in [2.75, 3.05) is 10.6 Å². The van der Waals surface area contributed by atoms with E-state index >= 15 is 0 Å². The Kier molecular flexibility index (Phi) is 4.88. The number of halogens is 3. The Morgan fingerprint density at radius 1 is 1.09 bits per heavy atom. The summed E-state index contributed by atoms with van der Waals surface area (Å²) in [5.41, 5.74) is 2.88. The molecule has 2 heterocycles. The highest BCUT2D eigenvalue weighted by Crippen LogP contribution is 2.32. The first-order valence-electron chi connectivity index (χ1n) is 10.2. The SMILES string of the molecule is O=C(Nc1ccc(C(F)(F)F)cc1)Nc1c[nH]c2ccc(-c3cnn(CC4CC4)c3)cc12. The van der Waals surface area contributed by atoms with Crippen LogP contribution in [0.5, 0.6) is 0 Å². The Labute approximate surface area is 181 Å². The highest BCUT2D eigenvalue weighted by Gasteiger charge is 2.30. The Hall–Kier alpha value is -3.75. The molecule has 164 valence electrons. The smallest absolute Gasteiger partial charge is 0.359 e. The molecular formula is C23H20F3N5O. The molecule has 0 bridgehead atoms. The van der Waals surface area contributed by atoms with Gasteiger partial charge in [-0.25, -0.2) is 4.79 Å². The molecule has 1 aliphatic carbocycles. The number of hydrogen-bond donors (Lipinski definition) is 3. The topological polar surface area (TPSA) is 74.7 Å². The summed E-state index contributed by atoms with van der Waals surface area (Å²) in [5, 5.41) is 10.6. The van der Waals surface area contributed by atoms with Crippen molar-refractivity contribution in [1.29, 1.82) is 0 Å². The molecule has 9 heteroatoms. The van der Waals surface area contributed by atoms with Crippen LogP contribution in [0.25, 0.3) is 22.0 Å². The largest absolute Gasteiger partial charge is 0.416 e. The van der Waals surface area contributed by atoms with E-state index < -0.39 is 17.8 Å². The lowest BCUT2D eigenvalue weighted by atomic mass is 10.1. The zero-order chi connectivity index (χ0) is 22.3. The van der Waals surface area contributed by atoms with Gasteiger partial charge >= 0.3 is 12.2 Å². The zero-order valence-electron chi connectivity index (χ0n) is 16.9. The van der Waals surface area contributed by atoms with Gasteiger partial charge in [0.05, 0.1) is 17.4 Å². The number of carbonyl (C=O) groups excluding carboxylic acids is 1. The number of fused-ring (bicyclic) bond motifs is 1. The number of nitrogens with zero attached hydrogens (tertiary/aromatic N) is 2. The number of carbonyl (C=O) groups is 1. The average Bonchev–Trinajstić information content (AvgIpc) is 3.29. The van der Waals surface area contributed by atoms with Crippen LogP contribution in [-0.4, -0.2) is 20.8 Å². The van der Waals surface area contributed by atoms with Crippen molar-refractivity contribution in [2.24, 2.45) is 5.92 Å². The van der Waals surface area contributed by atoms with Crippen LogP contribution in [-0.2, 0) is 12.7 Å². The molecule has 0 spiro atoms. The van der Waals surface area contributed by atoms with E-state index in [1.54, 1.807) is 6.20 Å². The molecule has 3 N–H and O–H groups in total. The van der Waals surface area contributed by atoms with E-state index in [2.05, 4.69) is 20.7 Å². The second-order valence-electron chi connectivity index (χ2n) is 8.01. The Balaban J connectivity index is 1.31. The molecule has 2 aromatic carbocycles. The molecule has 2 amide bonds. The number of anilines is 2. The second-order valence-corrected chi connectivity index (χ2v) is 8.01. The summed E-state index contributed by atoms with van der Waals surface area (Å²) in [7, 11) is 0. The number of benzene rings is 2. The predicted molar refractivity (Wildman–Crippen MR) is 116 cm³/mol.